The molecule has 6 heteroatoms. The second kappa shape index (κ2) is 6.74. The summed E-state index contributed by atoms with van der Waals surface area (Å²) in [6, 6.07) is 0. The largest absolute Gasteiger partial charge is 0.354 e. The predicted octanol–water partition coefficient (Wildman–Crippen LogP) is 1.14. The minimum atomic E-state index is -0.461. The number of nitrogens with zero attached hydrogens (tertiary/aromatic N) is 4. The fraction of sp³-hybridized carbons (Fsp3) is 0.667. The van der Waals surface area contributed by atoms with Crippen LogP contribution in [0.3, 0.4) is 0 Å². The monoisotopic (exact) mass is 292 g/mol. The molecule has 116 valence electrons. The quantitative estimate of drug-likeness (QED) is 0.784. The minimum absolute atomic E-state index is 0.239. The van der Waals surface area contributed by atoms with Crippen molar-refractivity contribution in [3.63, 3.8) is 0 Å². The van der Waals surface area contributed by atoms with Crippen molar-refractivity contribution in [2.45, 2.75) is 38.6 Å². The van der Waals surface area contributed by atoms with E-state index in [-0.39, 0.29) is 11.6 Å². The first-order valence-electron chi connectivity index (χ1n) is 7.52. The van der Waals surface area contributed by atoms with E-state index in [9.17, 15) is 9.59 Å². The highest BCUT2D eigenvalue weighted by Gasteiger charge is 2.15. The molecule has 1 heterocycles. The Bertz CT molecular complexity index is 628. The Labute approximate surface area is 124 Å². The van der Waals surface area contributed by atoms with Gasteiger partial charge in [0.25, 0.3) is 0 Å². The van der Waals surface area contributed by atoms with Crippen LogP contribution in [0.4, 0.5) is 5.95 Å². The summed E-state index contributed by atoms with van der Waals surface area (Å²) in [5.41, 5.74) is -0.758. The van der Waals surface area contributed by atoms with E-state index < -0.39 is 5.69 Å². The molecule has 2 rings (SSSR count). The molecule has 0 aliphatic heterocycles. The maximum Gasteiger partial charge on any atom is 0.354 e. The molecule has 1 aliphatic carbocycles. The van der Waals surface area contributed by atoms with Gasteiger partial charge in [0.2, 0.25) is 5.95 Å². The van der Waals surface area contributed by atoms with Crippen LogP contribution in [-0.4, -0.2) is 28.2 Å². The zero-order valence-electron chi connectivity index (χ0n) is 13.1. The highest BCUT2D eigenvalue weighted by molar-refractivity contribution is 5.25. The molecular weight excluding hydrogens is 268 g/mol. The molecule has 0 radical (unpaired) electrons. The molecule has 0 fully saturated rings. The first-order chi connectivity index (χ1) is 10.0. The summed E-state index contributed by atoms with van der Waals surface area (Å²) in [4.78, 5) is 30.2. The summed E-state index contributed by atoms with van der Waals surface area (Å²) < 4.78 is 2.68. The molecule has 0 bridgehead atoms. The second-order valence-corrected chi connectivity index (χ2v) is 5.87. The smallest absolute Gasteiger partial charge is 0.348 e. The van der Waals surface area contributed by atoms with Crippen molar-refractivity contribution in [1.29, 1.82) is 0 Å². The number of hydrogen-bond acceptors (Lipinski definition) is 4. The summed E-state index contributed by atoms with van der Waals surface area (Å²) in [5.74, 6) is 0.622. The lowest BCUT2D eigenvalue weighted by Crippen LogP contribution is -2.44. The summed E-state index contributed by atoms with van der Waals surface area (Å²) in [7, 11) is 5.18. The lowest BCUT2D eigenvalue weighted by atomic mass is 9.96. The van der Waals surface area contributed by atoms with Crippen molar-refractivity contribution in [2.75, 3.05) is 19.0 Å². The Morgan fingerprint density at radius 3 is 2.76 bits per heavy atom. The maximum absolute atomic E-state index is 12.4. The van der Waals surface area contributed by atoms with Crippen molar-refractivity contribution < 1.29 is 0 Å². The van der Waals surface area contributed by atoms with Crippen LogP contribution in [0.5, 0.6) is 0 Å². The third-order valence-electron chi connectivity index (χ3n) is 3.92. The van der Waals surface area contributed by atoms with Gasteiger partial charge in [0.15, 0.2) is 0 Å². The zero-order chi connectivity index (χ0) is 15.4. The minimum Gasteiger partial charge on any atom is -0.348 e. The summed E-state index contributed by atoms with van der Waals surface area (Å²) in [5, 5.41) is 0. The van der Waals surface area contributed by atoms with E-state index in [0.29, 0.717) is 12.5 Å². The van der Waals surface area contributed by atoms with Crippen LogP contribution in [-0.2, 0) is 13.6 Å². The fourth-order valence-corrected chi connectivity index (χ4v) is 2.74. The van der Waals surface area contributed by atoms with Crippen LogP contribution in [0.2, 0.25) is 0 Å². The molecule has 1 aliphatic rings. The number of hydrogen-bond donors (Lipinski definition) is 0. The summed E-state index contributed by atoms with van der Waals surface area (Å²) >= 11 is 0. The third kappa shape index (κ3) is 3.62. The molecular formula is C15H24N4O2. The molecule has 1 aromatic heterocycles. The van der Waals surface area contributed by atoms with Crippen LogP contribution in [0, 0.1) is 5.92 Å². The number of allylic oxidation sites excluding steroid dienone is 2. The molecule has 21 heavy (non-hydrogen) atoms. The van der Waals surface area contributed by atoms with E-state index in [0.717, 1.165) is 19.3 Å². The van der Waals surface area contributed by atoms with Gasteiger partial charge < -0.3 is 4.90 Å². The molecule has 1 aromatic rings. The van der Waals surface area contributed by atoms with Gasteiger partial charge in [0, 0.05) is 27.7 Å². The zero-order valence-corrected chi connectivity index (χ0v) is 13.1. The van der Waals surface area contributed by atoms with Gasteiger partial charge in [-0.3, -0.25) is 4.57 Å². The number of anilines is 1. The molecule has 0 aromatic carbocycles. The molecule has 0 spiro atoms. The lowest BCUT2D eigenvalue weighted by Gasteiger charge is -2.19. The van der Waals surface area contributed by atoms with Crippen LogP contribution < -0.4 is 16.3 Å². The van der Waals surface area contributed by atoms with Gasteiger partial charge in [-0.15, -0.1) is 0 Å². The maximum atomic E-state index is 12.4. The van der Waals surface area contributed by atoms with Gasteiger partial charge in [-0.05, 0) is 25.2 Å². The molecule has 0 saturated carbocycles. The Morgan fingerprint density at radius 2 is 2.05 bits per heavy atom. The first kappa shape index (κ1) is 15.5. The van der Waals surface area contributed by atoms with E-state index in [1.165, 1.54) is 22.0 Å². The van der Waals surface area contributed by atoms with Crippen LogP contribution in [0.1, 0.15) is 32.1 Å². The van der Waals surface area contributed by atoms with Gasteiger partial charge >= 0.3 is 11.4 Å². The Hall–Kier alpha value is -1.85. The van der Waals surface area contributed by atoms with Gasteiger partial charge in [0.1, 0.15) is 0 Å². The average molecular weight is 292 g/mol. The molecule has 1 atom stereocenters. The molecule has 6 nitrogen and oxygen atoms in total. The van der Waals surface area contributed by atoms with E-state index >= 15 is 0 Å². The second-order valence-electron chi connectivity index (χ2n) is 5.87. The third-order valence-corrected chi connectivity index (χ3v) is 3.92. The summed E-state index contributed by atoms with van der Waals surface area (Å²) in [6.07, 6.45) is 10.00. The fourth-order valence-electron chi connectivity index (χ4n) is 2.74. The molecule has 0 N–H and O–H groups in total. The molecule has 0 saturated heterocycles. The number of rotatable bonds is 3. The Balaban J connectivity index is 2.32. The summed E-state index contributed by atoms with van der Waals surface area (Å²) in [6.45, 7) is 0.419. The first-order valence-corrected chi connectivity index (χ1v) is 7.52. The van der Waals surface area contributed by atoms with E-state index in [1.807, 2.05) is 0 Å². The normalized spacial score (nSPS) is 20.6. The van der Waals surface area contributed by atoms with Crippen LogP contribution >= 0.6 is 0 Å². The average Bonchev–Trinajstić information content (AvgIpc) is 2.40. The van der Waals surface area contributed by atoms with E-state index in [2.05, 4.69) is 17.1 Å². The van der Waals surface area contributed by atoms with Crippen LogP contribution in [0.25, 0.3) is 0 Å². The topological polar surface area (TPSA) is 60.1 Å². The van der Waals surface area contributed by atoms with Crippen molar-refractivity contribution in [2.24, 2.45) is 13.0 Å². The van der Waals surface area contributed by atoms with E-state index in [4.69, 9.17) is 0 Å². The molecule has 1 unspecified atom stereocenters. The Morgan fingerprint density at radius 1 is 1.29 bits per heavy atom. The molecule has 0 amide bonds. The standard InChI is InChI=1S/C15H24N4O2/c1-17(2)13-16-14(20)19(15(21)18(13)3)11-12-9-7-5-4-6-8-10-12/h7,9,12H,4-6,8,10-11H2,1-3H3/b9-7-. The van der Waals surface area contributed by atoms with Crippen molar-refractivity contribution >= 4 is 5.95 Å². The highest BCUT2D eigenvalue weighted by atomic mass is 16.2. The Kier molecular flexibility index (Phi) is 4.98. The highest BCUT2D eigenvalue weighted by Crippen LogP contribution is 2.17. The van der Waals surface area contributed by atoms with Gasteiger partial charge in [-0.25, -0.2) is 14.2 Å². The van der Waals surface area contributed by atoms with Crippen molar-refractivity contribution in [3.05, 3.63) is 33.1 Å². The van der Waals surface area contributed by atoms with Gasteiger partial charge in [-0.2, -0.15) is 4.98 Å². The van der Waals surface area contributed by atoms with Gasteiger partial charge in [0.05, 0.1) is 0 Å². The lowest BCUT2D eigenvalue weighted by molar-refractivity contribution is 0.428. The van der Waals surface area contributed by atoms with Gasteiger partial charge in [-0.1, -0.05) is 25.0 Å². The van der Waals surface area contributed by atoms with Crippen molar-refractivity contribution in [1.82, 2.24) is 14.1 Å². The SMILES string of the molecule is CN(C)c1nc(=O)n(CC2/C=C\CCCCC2)c(=O)n1C. The number of aromatic nitrogens is 3. The van der Waals surface area contributed by atoms with Crippen LogP contribution in [0.15, 0.2) is 21.7 Å². The predicted molar refractivity (Wildman–Crippen MR) is 83.8 cm³/mol. The van der Waals surface area contributed by atoms with Crippen molar-refractivity contribution in [3.8, 4) is 0 Å². The van der Waals surface area contributed by atoms with E-state index in [1.54, 1.807) is 26.0 Å².